The Hall–Kier alpha value is -2.09. The number of carbonyl (C=O) groups is 1. The van der Waals surface area contributed by atoms with Gasteiger partial charge in [0.05, 0.1) is 0 Å². The van der Waals surface area contributed by atoms with Crippen molar-refractivity contribution in [3.8, 4) is 11.1 Å². The summed E-state index contributed by atoms with van der Waals surface area (Å²) in [6.45, 7) is 7.84. The maximum Gasteiger partial charge on any atom is 0.221 e. The van der Waals surface area contributed by atoms with Gasteiger partial charge >= 0.3 is 0 Å². The summed E-state index contributed by atoms with van der Waals surface area (Å²) in [5.74, 6) is -0.0479. The molecule has 0 unspecified atom stereocenters. The molecule has 106 valence electrons. The average molecular weight is 269 g/mol. The monoisotopic (exact) mass is 269 g/mol. The molecule has 0 radical (unpaired) electrons. The van der Waals surface area contributed by atoms with E-state index in [1.165, 1.54) is 24.5 Å². The maximum atomic E-state index is 10.9. The lowest BCUT2D eigenvalue weighted by Gasteiger charge is -2.05. The summed E-state index contributed by atoms with van der Waals surface area (Å²) in [5, 5.41) is 2.76. The largest absolute Gasteiger partial charge is 0.326 e. The minimum atomic E-state index is -0.0479. The molecule has 0 atom stereocenters. The van der Waals surface area contributed by atoms with Crippen LogP contribution in [0.5, 0.6) is 0 Å². The third-order valence-corrected chi connectivity index (χ3v) is 2.56. The second-order valence-corrected chi connectivity index (χ2v) is 4.84. The van der Waals surface area contributed by atoms with Crippen molar-refractivity contribution in [1.82, 2.24) is 0 Å². The van der Waals surface area contributed by atoms with Gasteiger partial charge < -0.3 is 5.32 Å². The zero-order valence-electron chi connectivity index (χ0n) is 12.7. The Balaban J connectivity index is 0.000000612. The fraction of sp³-hybridized carbons (Fsp3) is 0.278. The van der Waals surface area contributed by atoms with Crippen molar-refractivity contribution in [2.75, 3.05) is 5.32 Å². The van der Waals surface area contributed by atoms with Gasteiger partial charge in [0.25, 0.3) is 0 Å². The fourth-order valence-corrected chi connectivity index (χ4v) is 1.77. The van der Waals surface area contributed by atoms with Gasteiger partial charge in [-0.2, -0.15) is 0 Å². The minimum Gasteiger partial charge on any atom is -0.326 e. The number of aryl methyl sites for hydroxylation is 1. The zero-order valence-corrected chi connectivity index (χ0v) is 12.7. The molecule has 20 heavy (non-hydrogen) atoms. The Morgan fingerprint density at radius 3 is 2.10 bits per heavy atom. The third kappa shape index (κ3) is 5.27. The summed E-state index contributed by atoms with van der Waals surface area (Å²) < 4.78 is 0. The molecule has 1 amide bonds. The SMILES string of the molecule is CC(=O)Nc1ccc(-c2cccc(C)c2)cc1.CCC. The highest BCUT2D eigenvalue weighted by atomic mass is 16.1. The minimum absolute atomic E-state index is 0.0479. The van der Waals surface area contributed by atoms with Crippen LogP contribution in [0.3, 0.4) is 0 Å². The highest BCUT2D eigenvalue weighted by Crippen LogP contribution is 2.22. The molecule has 2 rings (SSSR count). The Morgan fingerprint density at radius 1 is 1.00 bits per heavy atom. The molecular weight excluding hydrogens is 246 g/mol. The summed E-state index contributed by atoms with van der Waals surface area (Å²) in [7, 11) is 0. The van der Waals surface area contributed by atoms with Crippen LogP contribution in [0.2, 0.25) is 0 Å². The summed E-state index contributed by atoms with van der Waals surface area (Å²) in [4.78, 5) is 10.9. The van der Waals surface area contributed by atoms with Gasteiger partial charge in [-0.15, -0.1) is 0 Å². The normalized spacial score (nSPS) is 9.40. The highest BCUT2D eigenvalue weighted by Gasteiger charge is 1.99. The molecule has 2 heteroatoms. The van der Waals surface area contributed by atoms with Crippen molar-refractivity contribution in [1.29, 1.82) is 0 Å². The first-order chi connectivity index (χ1) is 9.56. The van der Waals surface area contributed by atoms with Crippen LogP contribution in [0, 0.1) is 6.92 Å². The van der Waals surface area contributed by atoms with Crippen LogP contribution in [-0.4, -0.2) is 5.91 Å². The third-order valence-electron chi connectivity index (χ3n) is 2.56. The highest BCUT2D eigenvalue weighted by molar-refractivity contribution is 5.89. The van der Waals surface area contributed by atoms with E-state index < -0.39 is 0 Å². The van der Waals surface area contributed by atoms with Crippen molar-refractivity contribution in [3.63, 3.8) is 0 Å². The Bertz CT molecular complexity index is 544. The number of nitrogens with one attached hydrogen (secondary N) is 1. The lowest BCUT2D eigenvalue weighted by molar-refractivity contribution is -0.114. The lowest BCUT2D eigenvalue weighted by Crippen LogP contribution is -2.05. The molecule has 0 spiro atoms. The van der Waals surface area contributed by atoms with Crippen LogP contribution in [0.4, 0.5) is 5.69 Å². The summed E-state index contributed by atoms with van der Waals surface area (Å²) >= 11 is 0. The molecule has 2 aromatic rings. The van der Waals surface area contributed by atoms with Gasteiger partial charge in [-0.05, 0) is 30.2 Å². The molecule has 0 aliphatic rings. The fourth-order valence-electron chi connectivity index (χ4n) is 1.77. The van der Waals surface area contributed by atoms with E-state index >= 15 is 0 Å². The van der Waals surface area contributed by atoms with Crippen molar-refractivity contribution in [2.24, 2.45) is 0 Å². The van der Waals surface area contributed by atoms with E-state index in [2.05, 4.69) is 44.3 Å². The molecule has 1 N–H and O–H groups in total. The zero-order chi connectivity index (χ0) is 15.0. The van der Waals surface area contributed by atoms with Crippen molar-refractivity contribution >= 4 is 11.6 Å². The molecule has 0 bridgehead atoms. The molecule has 2 aromatic carbocycles. The summed E-state index contributed by atoms with van der Waals surface area (Å²) in [5.41, 5.74) is 4.42. The van der Waals surface area contributed by atoms with Gasteiger partial charge in [0, 0.05) is 12.6 Å². The molecule has 2 nitrogen and oxygen atoms in total. The van der Waals surface area contributed by atoms with Gasteiger partial charge in [0.15, 0.2) is 0 Å². The average Bonchev–Trinajstić information content (AvgIpc) is 2.40. The number of rotatable bonds is 2. The molecule has 0 fully saturated rings. The summed E-state index contributed by atoms with van der Waals surface area (Å²) in [6, 6.07) is 16.2. The Labute approximate surface area is 121 Å². The van der Waals surface area contributed by atoms with E-state index in [1.807, 2.05) is 30.3 Å². The summed E-state index contributed by atoms with van der Waals surface area (Å²) in [6.07, 6.45) is 1.25. The van der Waals surface area contributed by atoms with Gasteiger partial charge in [-0.1, -0.05) is 62.2 Å². The molecular formula is C18H23NO. The van der Waals surface area contributed by atoms with Crippen LogP contribution in [0.1, 0.15) is 32.8 Å². The van der Waals surface area contributed by atoms with Gasteiger partial charge in [-0.25, -0.2) is 0 Å². The van der Waals surface area contributed by atoms with Gasteiger partial charge in [-0.3, -0.25) is 4.79 Å². The number of hydrogen-bond acceptors (Lipinski definition) is 1. The lowest BCUT2D eigenvalue weighted by atomic mass is 10.0. The molecule has 0 aliphatic heterocycles. The van der Waals surface area contributed by atoms with E-state index in [0.29, 0.717) is 0 Å². The number of amides is 1. The Morgan fingerprint density at radius 2 is 1.60 bits per heavy atom. The predicted octanol–water partition coefficient (Wildman–Crippen LogP) is 5.04. The van der Waals surface area contributed by atoms with Crippen molar-refractivity contribution < 1.29 is 4.79 Å². The van der Waals surface area contributed by atoms with Crippen LogP contribution >= 0.6 is 0 Å². The topological polar surface area (TPSA) is 29.1 Å². The first kappa shape index (κ1) is 16.0. The smallest absolute Gasteiger partial charge is 0.221 e. The first-order valence-corrected chi connectivity index (χ1v) is 7.01. The number of benzene rings is 2. The quantitative estimate of drug-likeness (QED) is 0.813. The molecule has 0 saturated carbocycles. The van der Waals surface area contributed by atoms with E-state index in [1.54, 1.807) is 0 Å². The van der Waals surface area contributed by atoms with Gasteiger partial charge in [0.1, 0.15) is 0 Å². The van der Waals surface area contributed by atoms with E-state index in [-0.39, 0.29) is 5.91 Å². The number of hydrogen-bond donors (Lipinski definition) is 1. The molecule has 0 aliphatic carbocycles. The second-order valence-electron chi connectivity index (χ2n) is 4.84. The number of carbonyl (C=O) groups excluding carboxylic acids is 1. The van der Waals surface area contributed by atoms with E-state index in [9.17, 15) is 4.79 Å². The predicted molar refractivity (Wildman–Crippen MR) is 86.9 cm³/mol. The standard InChI is InChI=1S/C15H15NO.C3H8/c1-11-4-3-5-14(10-11)13-6-8-15(9-7-13)16-12(2)17;1-3-2/h3-10H,1-2H3,(H,16,17);3H2,1-2H3. The van der Waals surface area contributed by atoms with Crippen molar-refractivity contribution in [2.45, 2.75) is 34.1 Å². The molecule has 0 heterocycles. The van der Waals surface area contributed by atoms with Crippen molar-refractivity contribution in [3.05, 3.63) is 54.1 Å². The van der Waals surface area contributed by atoms with Crippen LogP contribution in [0.25, 0.3) is 11.1 Å². The van der Waals surface area contributed by atoms with E-state index in [4.69, 9.17) is 0 Å². The maximum absolute atomic E-state index is 10.9. The first-order valence-electron chi connectivity index (χ1n) is 7.01. The number of anilines is 1. The molecule has 0 saturated heterocycles. The van der Waals surface area contributed by atoms with Gasteiger partial charge in [0.2, 0.25) is 5.91 Å². The van der Waals surface area contributed by atoms with E-state index in [0.717, 1.165) is 11.3 Å². The van der Waals surface area contributed by atoms with Crippen LogP contribution in [0.15, 0.2) is 48.5 Å². The second kappa shape index (κ2) is 8.16. The van der Waals surface area contributed by atoms with Crippen LogP contribution in [-0.2, 0) is 4.79 Å². The van der Waals surface area contributed by atoms with Crippen LogP contribution < -0.4 is 5.32 Å². The molecule has 0 aromatic heterocycles. The Kier molecular flexibility index (Phi) is 6.51.